The molecule has 4 nitrogen and oxygen atoms in total. The molecule has 26 heavy (non-hydrogen) atoms. The number of piperidine rings is 1. The SMILES string of the molecule is CC(CC(=O)NCCOc1ccc2ccccc2c1)C1CCNCC1.Cl. The molecule has 1 aliphatic heterocycles. The average Bonchev–Trinajstić information content (AvgIpc) is 2.66. The largest absolute Gasteiger partial charge is 0.492 e. The second-order valence-electron chi connectivity index (χ2n) is 6.98. The predicted molar refractivity (Wildman–Crippen MR) is 109 cm³/mol. The highest BCUT2D eigenvalue weighted by atomic mass is 35.5. The van der Waals surface area contributed by atoms with Crippen LogP contribution < -0.4 is 15.4 Å². The number of rotatable bonds is 7. The van der Waals surface area contributed by atoms with Gasteiger partial charge in [-0.25, -0.2) is 0 Å². The van der Waals surface area contributed by atoms with Crippen molar-refractivity contribution in [2.24, 2.45) is 11.8 Å². The van der Waals surface area contributed by atoms with Crippen molar-refractivity contribution < 1.29 is 9.53 Å². The first kappa shape index (κ1) is 20.5. The summed E-state index contributed by atoms with van der Waals surface area (Å²) in [4.78, 5) is 12.1. The number of fused-ring (bicyclic) bond motifs is 1. The zero-order valence-corrected chi connectivity index (χ0v) is 16.2. The van der Waals surface area contributed by atoms with E-state index in [0.717, 1.165) is 18.8 Å². The number of carbonyl (C=O) groups excluding carboxylic acids is 1. The summed E-state index contributed by atoms with van der Waals surface area (Å²) in [6.45, 7) is 5.39. The molecule has 3 rings (SSSR count). The number of hydrogen-bond acceptors (Lipinski definition) is 3. The van der Waals surface area contributed by atoms with E-state index in [9.17, 15) is 4.79 Å². The minimum absolute atomic E-state index is 0. The van der Waals surface area contributed by atoms with Crippen molar-refractivity contribution >= 4 is 29.1 Å². The van der Waals surface area contributed by atoms with Gasteiger partial charge in [0, 0.05) is 6.42 Å². The van der Waals surface area contributed by atoms with Gasteiger partial charge in [-0.05, 0) is 60.7 Å². The second-order valence-corrected chi connectivity index (χ2v) is 6.98. The molecule has 142 valence electrons. The molecule has 2 aromatic carbocycles. The van der Waals surface area contributed by atoms with Crippen molar-refractivity contribution in [3.05, 3.63) is 42.5 Å². The molecule has 0 aromatic heterocycles. The standard InChI is InChI=1S/C21H28N2O2.ClH/c1-16(17-8-10-22-11-9-17)14-21(24)23-12-13-25-20-7-6-18-4-2-3-5-19(18)15-20;/h2-7,15-17,22H,8-14H2,1H3,(H,23,24);1H. The first-order valence-electron chi connectivity index (χ1n) is 9.31. The van der Waals surface area contributed by atoms with E-state index >= 15 is 0 Å². The summed E-state index contributed by atoms with van der Waals surface area (Å²) in [5.41, 5.74) is 0. The van der Waals surface area contributed by atoms with Gasteiger partial charge in [-0.15, -0.1) is 12.4 Å². The Hall–Kier alpha value is -1.78. The van der Waals surface area contributed by atoms with Gasteiger partial charge in [-0.3, -0.25) is 4.79 Å². The molecule has 1 aliphatic rings. The van der Waals surface area contributed by atoms with Gasteiger partial charge in [-0.1, -0.05) is 37.3 Å². The monoisotopic (exact) mass is 376 g/mol. The van der Waals surface area contributed by atoms with Gasteiger partial charge < -0.3 is 15.4 Å². The first-order valence-corrected chi connectivity index (χ1v) is 9.31. The van der Waals surface area contributed by atoms with Crippen LogP contribution in [-0.4, -0.2) is 32.1 Å². The number of hydrogen-bond donors (Lipinski definition) is 2. The molecule has 0 saturated carbocycles. The third kappa shape index (κ3) is 5.89. The normalized spacial score (nSPS) is 15.9. The Balaban J connectivity index is 0.00000243. The summed E-state index contributed by atoms with van der Waals surface area (Å²) >= 11 is 0. The van der Waals surface area contributed by atoms with Gasteiger partial charge >= 0.3 is 0 Å². The summed E-state index contributed by atoms with van der Waals surface area (Å²) < 4.78 is 5.76. The minimum atomic E-state index is 0. The van der Waals surface area contributed by atoms with E-state index in [4.69, 9.17) is 4.74 Å². The maximum absolute atomic E-state index is 12.1. The van der Waals surface area contributed by atoms with E-state index in [1.807, 2.05) is 24.3 Å². The summed E-state index contributed by atoms with van der Waals surface area (Å²) in [6, 6.07) is 14.3. The molecule has 1 unspecified atom stereocenters. The van der Waals surface area contributed by atoms with Crippen LogP contribution >= 0.6 is 12.4 Å². The molecule has 1 saturated heterocycles. The van der Waals surface area contributed by atoms with Crippen LogP contribution in [0.25, 0.3) is 10.8 Å². The maximum atomic E-state index is 12.1. The summed E-state index contributed by atoms with van der Waals surface area (Å²) in [5, 5.41) is 8.73. The molecule has 1 atom stereocenters. The molecular weight excluding hydrogens is 348 g/mol. The smallest absolute Gasteiger partial charge is 0.220 e. The first-order chi connectivity index (χ1) is 12.2. The van der Waals surface area contributed by atoms with E-state index in [1.54, 1.807) is 0 Å². The van der Waals surface area contributed by atoms with E-state index in [2.05, 4.69) is 35.8 Å². The Bertz CT molecular complexity index is 701. The van der Waals surface area contributed by atoms with E-state index in [-0.39, 0.29) is 18.3 Å². The van der Waals surface area contributed by atoms with E-state index in [0.29, 0.717) is 31.4 Å². The van der Waals surface area contributed by atoms with Gasteiger partial charge in [0.15, 0.2) is 0 Å². The molecule has 0 aliphatic carbocycles. The lowest BCUT2D eigenvalue weighted by Gasteiger charge is -2.27. The summed E-state index contributed by atoms with van der Waals surface area (Å²) in [7, 11) is 0. The zero-order chi connectivity index (χ0) is 17.5. The van der Waals surface area contributed by atoms with Crippen LogP contribution in [0, 0.1) is 11.8 Å². The van der Waals surface area contributed by atoms with Crippen molar-refractivity contribution in [2.75, 3.05) is 26.2 Å². The zero-order valence-electron chi connectivity index (χ0n) is 15.4. The second kappa shape index (κ2) is 10.4. The lowest BCUT2D eigenvalue weighted by atomic mass is 9.84. The van der Waals surface area contributed by atoms with Gasteiger partial charge in [0.25, 0.3) is 0 Å². The van der Waals surface area contributed by atoms with Crippen molar-refractivity contribution in [1.82, 2.24) is 10.6 Å². The Kier molecular flexibility index (Phi) is 8.20. The fourth-order valence-electron chi connectivity index (χ4n) is 3.56. The molecule has 2 N–H and O–H groups in total. The molecule has 0 spiro atoms. The van der Waals surface area contributed by atoms with Gasteiger partial charge in [0.2, 0.25) is 5.91 Å². The Morgan fingerprint density at radius 3 is 2.69 bits per heavy atom. The average molecular weight is 377 g/mol. The summed E-state index contributed by atoms with van der Waals surface area (Å²) in [6.07, 6.45) is 2.97. The third-order valence-electron chi connectivity index (χ3n) is 5.11. The minimum Gasteiger partial charge on any atom is -0.492 e. The van der Waals surface area contributed by atoms with Crippen LogP contribution in [-0.2, 0) is 4.79 Å². The quantitative estimate of drug-likeness (QED) is 0.723. The number of amides is 1. The fourth-order valence-corrected chi connectivity index (χ4v) is 3.56. The van der Waals surface area contributed by atoms with Crippen molar-refractivity contribution in [2.45, 2.75) is 26.2 Å². The van der Waals surface area contributed by atoms with Crippen LogP contribution in [0.5, 0.6) is 5.75 Å². The Labute approximate surface area is 162 Å². The maximum Gasteiger partial charge on any atom is 0.220 e. The lowest BCUT2D eigenvalue weighted by molar-refractivity contribution is -0.122. The Morgan fingerprint density at radius 2 is 1.92 bits per heavy atom. The van der Waals surface area contributed by atoms with Crippen LogP contribution in [0.1, 0.15) is 26.2 Å². The van der Waals surface area contributed by atoms with Crippen molar-refractivity contribution in [3.8, 4) is 5.75 Å². The fraction of sp³-hybridized carbons (Fsp3) is 0.476. The van der Waals surface area contributed by atoms with Gasteiger partial charge in [-0.2, -0.15) is 0 Å². The molecule has 0 radical (unpaired) electrons. The highest BCUT2D eigenvalue weighted by molar-refractivity contribution is 5.85. The third-order valence-corrected chi connectivity index (χ3v) is 5.11. The molecule has 5 heteroatoms. The van der Waals surface area contributed by atoms with E-state index < -0.39 is 0 Å². The Morgan fingerprint density at radius 1 is 1.19 bits per heavy atom. The van der Waals surface area contributed by atoms with Crippen LogP contribution in [0.3, 0.4) is 0 Å². The molecule has 0 bridgehead atoms. The number of halogens is 1. The van der Waals surface area contributed by atoms with Gasteiger partial charge in [0.05, 0.1) is 6.54 Å². The molecule has 1 amide bonds. The molecule has 1 fully saturated rings. The number of carbonyl (C=O) groups is 1. The molecular formula is C21H29ClN2O2. The number of benzene rings is 2. The molecule has 2 aromatic rings. The predicted octanol–water partition coefficient (Wildman–Crippen LogP) is 3.78. The number of nitrogens with one attached hydrogen (secondary N) is 2. The van der Waals surface area contributed by atoms with E-state index in [1.165, 1.54) is 23.6 Å². The van der Waals surface area contributed by atoms with Crippen LogP contribution in [0.2, 0.25) is 0 Å². The van der Waals surface area contributed by atoms with Crippen molar-refractivity contribution in [3.63, 3.8) is 0 Å². The van der Waals surface area contributed by atoms with Crippen LogP contribution in [0.15, 0.2) is 42.5 Å². The topological polar surface area (TPSA) is 50.4 Å². The highest BCUT2D eigenvalue weighted by Crippen LogP contribution is 2.24. The molecule has 1 heterocycles. The lowest BCUT2D eigenvalue weighted by Crippen LogP contribution is -2.34. The van der Waals surface area contributed by atoms with Crippen LogP contribution in [0.4, 0.5) is 0 Å². The number of ether oxygens (including phenoxy) is 1. The highest BCUT2D eigenvalue weighted by Gasteiger charge is 2.21. The van der Waals surface area contributed by atoms with Crippen molar-refractivity contribution in [1.29, 1.82) is 0 Å². The summed E-state index contributed by atoms with van der Waals surface area (Å²) in [5.74, 6) is 2.09. The van der Waals surface area contributed by atoms with Gasteiger partial charge in [0.1, 0.15) is 12.4 Å².